The second-order valence-electron chi connectivity index (χ2n) is 25.8. The molecule has 0 aliphatic heterocycles. The number of quaternary nitrogens is 1. The average molecular weight is 1630 g/mol. The normalized spacial score (nSPS) is 10.6. The summed E-state index contributed by atoms with van der Waals surface area (Å²) in [6.45, 7) is 20.5. The van der Waals surface area contributed by atoms with Crippen molar-refractivity contribution in [2.24, 2.45) is 0 Å². The number of nitrogens with one attached hydrogen (secondary N) is 5. The fraction of sp³-hybridized carbons (Fsp3) is 0.358. The Morgan fingerprint density at radius 2 is 0.771 bits per heavy atom. The minimum atomic E-state index is -0.277. The number of hydrogen-bond acceptors (Lipinski definition) is 14. The monoisotopic (exact) mass is 1630 g/mol. The number of rotatable bonds is 30. The highest BCUT2D eigenvalue weighted by Crippen LogP contribution is 2.35. The molecular weight excluding hydrogens is 1530 g/mol. The first kappa shape index (κ1) is 91.2. The maximum atomic E-state index is 13.3. The van der Waals surface area contributed by atoms with Crippen LogP contribution in [0.1, 0.15) is 91.9 Å². The largest absolute Gasteiger partial charge is 1.00 e. The van der Waals surface area contributed by atoms with Crippen LogP contribution in [0, 0.1) is 27.7 Å². The molecule has 0 fully saturated rings. The van der Waals surface area contributed by atoms with Gasteiger partial charge in [-0.15, -0.1) is 0 Å². The lowest BCUT2D eigenvalue weighted by Gasteiger charge is -2.24. The fourth-order valence-electron chi connectivity index (χ4n) is 9.74. The van der Waals surface area contributed by atoms with Crippen molar-refractivity contribution < 1.29 is 71.3 Å². The van der Waals surface area contributed by atoms with E-state index in [1.54, 1.807) is 78.7 Å². The molecule has 0 saturated heterocycles. The lowest BCUT2D eigenvalue weighted by atomic mass is 10.1. The highest BCUT2D eigenvalue weighted by Gasteiger charge is 2.25. The van der Waals surface area contributed by atoms with Crippen LogP contribution < -0.4 is 79.1 Å². The molecule has 4 amide bonds. The zero-order valence-electron chi connectivity index (χ0n) is 63.0. The molecule has 570 valence electrons. The van der Waals surface area contributed by atoms with Crippen LogP contribution in [-0.4, -0.2) is 186 Å². The number of likely N-dealkylation sites (N-methyl/N-ethyl adjacent to an activating group) is 4. The number of amides is 4. The second-order valence-corrected chi connectivity index (χ2v) is 27.4. The molecule has 0 saturated carbocycles. The predicted octanol–water partition coefficient (Wildman–Crippen LogP) is 14.4. The lowest BCUT2D eigenvalue weighted by Crippen LogP contribution is -3.00. The second kappa shape index (κ2) is 46.1. The van der Waals surface area contributed by atoms with Crippen molar-refractivity contribution in [2.75, 3.05) is 174 Å². The van der Waals surface area contributed by atoms with Gasteiger partial charge in [0.1, 0.15) is 65.2 Å². The van der Waals surface area contributed by atoms with Crippen molar-refractivity contribution in [2.45, 2.75) is 55.9 Å². The van der Waals surface area contributed by atoms with Crippen LogP contribution in [0.15, 0.2) is 152 Å². The molecule has 8 aromatic carbocycles. The molecule has 0 spiro atoms. The maximum absolute atomic E-state index is 13.3. The van der Waals surface area contributed by atoms with Gasteiger partial charge in [-0.3, -0.25) is 19.2 Å². The minimum absolute atomic E-state index is 0. The van der Waals surface area contributed by atoms with Crippen LogP contribution in [0.3, 0.4) is 0 Å². The van der Waals surface area contributed by atoms with Gasteiger partial charge in [-0.1, -0.05) is 84.2 Å². The first-order valence-corrected chi connectivity index (χ1v) is 35.6. The van der Waals surface area contributed by atoms with Gasteiger partial charge in [0, 0.05) is 88.3 Å². The average Bonchev–Trinajstić information content (AvgIpc) is 0.846. The van der Waals surface area contributed by atoms with E-state index < -0.39 is 0 Å². The fourth-order valence-corrected chi connectivity index (χ4v) is 10.2. The molecule has 0 aliphatic rings. The maximum Gasteiger partial charge on any atom is 0.265 e. The molecule has 0 aliphatic carbocycles. The molecule has 0 aromatic heterocycles. The number of anilines is 6. The van der Waals surface area contributed by atoms with E-state index in [4.69, 9.17) is 70.1 Å². The first-order chi connectivity index (χ1) is 48.9. The summed E-state index contributed by atoms with van der Waals surface area (Å²) in [5, 5.41) is 18.1. The molecule has 0 atom stereocenters. The van der Waals surface area contributed by atoms with Gasteiger partial charge in [-0.05, 0) is 234 Å². The number of para-hydroxylation sites is 1. The highest BCUT2D eigenvalue weighted by atomic mass is 127. The molecule has 5 N–H and O–H groups in total. The summed E-state index contributed by atoms with van der Waals surface area (Å²) in [5.74, 6) is 1.78. The van der Waals surface area contributed by atoms with Crippen molar-refractivity contribution in [3.8, 4) is 28.7 Å². The van der Waals surface area contributed by atoms with Crippen molar-refractivity contribution in [3.05, 3.63) is 216 Å². The van der Waals surface area contributed by atoms with E-state index in [0.29, 0.717) is 116 Å². The van der Waals surface area contributed by atoms with Crippen LogP contribution in [0.5, 0.6) is 28.7 Å². The van der Waals surface area contributed by atoms with Crippen molar-refractivity contribution >= 4 is 104 Å². The summed E-state index contributed by atoms with van der Waals surface area (Å²) >= 11 is 24.3. The first-order valence-electron chi connectivity index (χ1n) is 34.1. The molecule has 105 heavy (non-hydrogen) atoms. The molecule has 0 heterocycles. The number of carbonyl (C=O) groups excluding carboxylic acids is 4. The molecule has 19 nitrogen and oxygen atoms in total. The van der Waals surface area contributed by atoms with E-state index in [1.165, 1.54) is 0 Å². The number of halogens is 5. The Morgan fingerprint density at radius 3 is 1.21 bits per heavy atom. The number of benzene rings is 8. The van der Waals surface area contributed by atoms with Crippen molar-refractivity contribution in [3.63, 3.8) is 0 Å². The third-order valence-electron chi connectivity index (χ3n) is 15.4. The van der Waals surface area contributed by atoms with Gasteiger partial charge in [-0.2, -0.15) is 0 Å². The van der Waals surface area contributed by atoms with Gasteiger partial charge in [0.15, 0.2) is 0 Å². The summed E-state index contributed by atoms with van der Waals surface area (Å²) in [4.78, 5) is 59.5. The molecular formula is C81H107Cl4IN10O9. The zero-order chi connectivity index (χ0) is 75.9. The number of nitrogens with zero attached hydrogens (tertiary/aromatic N) is 5. The van der Waals surface area contributed by atoms with Crippen LogP contribution in [0.4, 0.5) is 34.1 Å². The summed E-state index contributed by atoms with van der Waals surface area (Å²) in [6, 6.07) is 45.6. The molecule has 8 aromatic rings. The Kier molecular flexibility index (Phi) is 40.1. The van der Waals surface area contributed by atoms with E-state index in [-0.39, 0.29) is 55.0 Å². The summed E-state index contributed by atoms with van der Waals surface area (Å²) in [7, 11) is 20.0. The smallest absolute Gasteiger partial charge is 0.265 e. The van der Waals surface area contributed by atoms with E-state index in [2.05, 4.69) is 57.5 Å². The van der Waals surface area contributed by atoms with Gasteiger partial charge >= 0.3 is 0 Å². The topological polar surface area (TPSA) is 188 Å². The third-order valence-corrected chi connectivity index (χ3v) is 17.1. The molecule has 0 bridgehead atoms. The molecule has 24 heteroatoms. The summed E-state index contributed by atoms with van der Waals surface area (Å²) in [6.07, 6.45) is 0. The number of aryl methyl sites for hydroxylation is 4. The van der Waals surface area contributed by atoms with Gasteiger partial charge in [0.2, 0.25) is 0 Å². The Morgan fingerprint density at radius 1 is 0.410 bits per heavy atom. The lowest BCUT2D eigenvalue weighted by molar-refractivity contribution is -0.870. The number of carbonyl (C=O) groups is 4. The van der Waals surface area contributed by atoms with Crippen molar-refractivity contribution in [1.82, 2.24) is 14.7 Å². The Balaban J connectivity index is 0.000000362. The predicted molar refractivity (Wildman–Crippen MR) is 434 cm³/mol. The van der Waals surface area contributed by atoms with Gasteiger partial charge in [-0.25, -0.2) is 0 Å². The Bertz CT molecular complexity index is 4080. The van der Waals surface area contributed by atoms with Crippen LogP contribution in [-0.2, 0) is 0 Å². The van der Waals surface area contributed by atoms with Gasteiger partial charge < -0.3 is 98.3 Å². The summed E-state index contributed by atoms with van der Waals surface area (Å²) in [5.41, 5.74) is 10.0. The SMILES string of the molecule is C.CCOc1cccc(NCCN(C)C)c1C(=O)Nc1ccc(Cl)c(C)c1.CCOc1cccc(OCCN(C)C)c1C(=O)N(C)c1ccc(Cl)c(C)c1.CCOc1cccc(OCC[N+](C)(C)C)c1C(=O)Nc1ccc(Cl)c(C)c1.Cc1cc(NC(=O)c2ccccc2NCCN(C)C)ccc1Cl.[I-]. The third kappa shape index (κ3) is 30.4. The van der Waals surface area contributed by atoms with Crippen molar-refractivity contribution in [1.29, 1.82) is 0 Å². The molecule has 8 rings (SSSR count). The minimum Gasteiger partial charge on any atom is -1.00 e. The van der Waals surface area contributed by atoms with Crippen LogP contribution in [0.2, 0.25) is 20.1 Å². The molecule has 0 unspecified atom stereocenters. The van der Waals surface area contributed by atoms with E-state index in [0.717, 1.165) is 88.8 Å². The standard InChI is InChI=1S/2C21H27ClN2O3.C20H26ClN3O2.C18H22ClN3O.CH4.HI/c1-6-26-18-8-7-9-19(27-13-12-24(3,4)5)20(18)21(25)23-16-10-11-17(22)15(2)14-16;1-6-26-18-8-7-9-19(27-13-12-23(3)4)20(18)21(25)24(5)16-10-11-17(22)15(2)14-16;1-5-26-18-8-6-7-17(22-11-12-24(3)4)19(18)20(25)23-15-9-10-16(21)14(2)13-15;1-13-12-14(8-9-16(13)19)21-18(23)15-6-4-5-7-17(15)20-10-11-22(2)3;;/h2*7-11,14H,6,12-13H2,1-5H3;6-10,13,22H,5,11-12H2,1-4H3,(H,23,25);4-9,12,20H,10-11H2,1-3H3,(H,21,23);1H4;1H. The van der Waals surface area contributed by atoms with E-state index >= 15 is 0 Å². The van der Waals surface area contributed by atoms with E-state index in [9.17, 15) is 19.2 Å². The highest BCUT2D eigenvalue weighted by molar-refractivity contribution is 6.32. The van der Waals surface area contributed by atoms with Crippen LogP contribution in [0.25, 0.3) is 0 Å². The van der Waals surface area contributed by atoms with Gasteiger partial charge in [0.05, 0.1) is 52.2 Å². The molecule has 0 radical (unpaired) electrons. The quantitative estimate of drug-likeness (QED) is 0.0211. The number of hydrogen-bond donors (Lipinski definition) is 5. The van der Waals surface area contributed by atoms with Gasteiger partial charge in [0.25, 0.3) is 23.6 Å². The number of ether oxygens (including phenoxy) is 5. The van der Waals surface area contributed by atoms with Crippen LogP contribution >= 0.6 is 46.4 Å². The zero-order valence-corrected chi connectivity index (χ0v) is 68.2. The van der Waals surface area contributed by atoms with E-state index in [1.807, 2.05) is 181 Å². The Labute approximate surface area is 660 Å². The Hall–Kier alpha value is -8.03. The summed E-state index contributed by atoms with van der Waals surface area (Å²) < 4.78 is 29.6.